The molecule has 0 saturated carbocycles. The Balaban J connectivity index is 2.18. The Hall–Kier alpha value is -1.22. The standard InChI is InChI=1S/C20H23Cl3O6S/c1-13(9-21)10-29-20-18(22)7-17(8-19(20)23)30(25,26)16-5-3-15(4-6-16)28-12-14(24)11-27-2/h3-8,13-14,24H,9-12H2,1-2H3/t13-,14+/m1/s1. The zero-order valence-corrected chi connectivity index (χ0v) is 19.6. The molecule has 0 heterocycles. The first kappa shape index (κ1) is 25.0. The number of methoxy groups -OCH3 is 1. The van der Waals surface area contributed by atoms with E-state index in [-0.39, 0.29) is 44.7 Å². The van der Waals surface area contributed by atoms with Crippen molar-refractivity contribution in [3.05, 3.63) is 46.4 Å². The first-order chi connectivity index (χ1) is 14.2. The van der Waals surface area contributed by atoms with Crippen LogP contribution in [0.1, 0.15) is 6.92 Å². The van der Waals surface area contributed by atoms with Crippen LogP contribution in [0.25, 0.3) is 0 Å². The predicted molar refractivity (Wildman–Crippen MR) is 117 cm³/mol. The number of rotatable bonds is 11. The monoisotopic (exact) mass is 496 g/mol. The number of aliphatic hydroxyl groups is 1. The molecule has 0 saturated heterocycles. The van der Waals surface area contributed by atoms with Gasteiger partial charge in [-0.25, -0.2) is 8.42 Å². The van der Waals surface area contributed by atoms with E-state index < -0.39 is 15.9 Å². The fraction of sp³-hybridized carbons (Fsp3) is 0.400. The fourth-order valence-corrected chi connectivity index (χ4v) is 4.51. The Morgan fingerprint density at radius 2 is 1.57 bits per heavy atom. The lowest BCUT2D eigenvalue weighted by atomic mass is 10.2. The Labute approximate surface area is 191 Å². The normalized spacial score (nSPS) is 13.7. The molecule has 1 N–H and O–H groups in total. The molecular formula is C20H23Cl3O6S. The van der Waals surface area contributed by atoms with Gasteiger partial charge in [0.25, 0.3) is 0 Å². The SMILES string of the molecule is COC[C@H](O)COc1ccc(S(=O)(=O)c2cc(Cl)c(OC[C@H](C)CCl)c(Cl)c2)cc1. The largest absolute Gasteiger partial charge is 0.491 e. The molecule has 0 bridgehead atoms. The van der Waals surface area contributed by atoms with Crippen LogP contribution in [0.3, 0.4) is 0 Å². The van der Waals surface area contributed by atoms with Crippen LogP contribution in [0.15, 0.2) is 46.2 Å². The van der Waals surface area contributed by atoms with Crippen LogP contribution in [0, 0.1) is 5.92 Å². The number of alkyl halides is 1. The number of benzene rings is 2. The van der Waals surface area contributed by atoms with Crippen molar-refractivity contribution in [2.75, 3.05) is 32.8 Å². The summed E-state index contributed by atoms with van der Waals surface area (Å²) in [6, 6.07) is 8.41. The van der Waals surface area contributed by atoms with Crippen molar-refractivity contribution in [1.82, 2.24) is 0 Å². The van der Waals surface area contributed by atoms with E-state index in [9.17, 15) is 13.5 Å². The summed E-state index contributed by atoms with van der Waals surface area (Å²) >= 11 is 18.2. The number of aliphatic hydroxyl groups excluding tert-OH is 1. The van der Waals surface area contributed by atoms with Gasteiger partial charge in [-0.15, -0.1) is 11.6 Å². The van der Waals surface area contributed by atoms with Crippen LogP contribution in [-0.4, -0.2) is 52.4 Å². The number of sulfone groups is 1. The minimum atomic E-state index is -3.86. The van der Waals surface area contributed by atoms with Crippen molar-refractivity contribution in [1.29, 1.82) is 0 Å². The van der Waals surface area contributed by atoms with E-state index in [0.717, 1.165) is 0 Å². The van der Waals surface area contributed by atoms with Gasteiger partial charge in [0.2, 0.25) is 9.84 Å². The second-order valence-corrected chi connectivity index (χ2v) is 9.75. The van der Waals surface area contributed by atoms with Gasteiger partial charge in [0.05, 0.1) is 33.0 Å². The third kappa shape index (κ3) is 6.64. The van der Waals surface area contributed by atoms with Crippen molar-refractivity contribution in [3.63, 3.8) is 0 Å². The third-order valence-corrected chi connectivity index (χ3v) is 6.83. The van der Waals surface area contributed by atoms with E-state index in [1.54, 1.807) is 0 Å². The molecule has 0 spiro atoms. The second-order valence-electron chi connectivity index (χ2n) is 6.68. The summed E-state index contributed by atoms with van der Waals surface area (Å²) in [7, 11) is -2.39. The highest BCUT2D eigenvalue weighted by Gasteiger charge is 2.22. The van der Waals surface area contributed by atoms with Crippen LogP contribution in [-0.2, 0) is 14.6 Å². The van der Waals surface area contributed by atoms with Crippen molar-refractivity contribution >= 4 is 44.6 Å². The molecule has 6 nitrogen and oxygen atoms in total. The molecule has 2 rings (SSSR count). The molecule has 10 heteroatoms. The van der Waals surface area contributed by atoms with Gasteiger partial charge >= 0.3 is 0 Å². The van der Waals surface area contributed by atoms with E-state index in [2.05, 4.69) is 0 Å². The van der Waals surface area contributed by atoms with E-state index in [4.69, 9.17) is 49.0 Å². The Kier molecular flexibility index (Phi) is 9.53. The first-order valence-electron chi connectivity index (χ1n) is 9.01. The molecule has 2 aromatic carbocycles. The molecule has 2 atom stereocenters. The van der Waals surface area contributed by atoms with Crippen LogP contribution in [0.4, 0.5) is 0 Å². The lowest BCUT2D eigenvalue weighted by Gasteiger charge is -2.15. The highest BCUT2D eigenvalue weighted by atomic mass is 35.5. The van der Waals surface area contributed by atoms with Gasteiger partial charge in [0.15, 0.2) is 5.75 Å². The summed E-state index contributed by atoms with van der Waals surface area (Å²) in [6.45, 7) is 2.36. The van der Waals surface area contributed by atoms with Crippen LogP contribution < -0.4 is 9.47 Å². The number of hydrogen-bond acceptors (Lipinski definition) is 6. The van der Waals surface area contributed by atoms with Gasteiger partial charge in [0.1, 0.15) is 18.5 Å². The zero-order valence-electron chi connectivity index (χ0n) is 16.5. The fourth-order valence-electron chi connectivity index (χ4n) is 2.38. The lowest BCUT2D eigenvalue weighted by Crippen LogP contribution is -2.22. The lowest BCUT2D eigenvalue weighted by molar-refractivity contribution is 0.0325. The third-order valence-electron chi connectivity index (χ3n) is 3.99. The topological polar surface area (TPSA) is 82.1 Å². The molecule has 0 unspecified atom stereocenters. The Morgan fingerprint density at radius 3 is 2.10 bits per heavy atom. The Morgan fingerprint density at radius 1 is 0.967 bits per heavy atom. The predicted octanol–water partition coefficient (Wildman–Crippen LogP) is 4.47. The number of hydrogen-bond donors (Lipinski definition) is 1. The first-order valence-corrected chi connectivity index (χ1v) is 11.8. The van der Waals surface area contributed by atoms with Crippen molar-refractivity contribution < 1.29 is 27.7 Å². The molecule has 0 fully saturated rings. The van der Waals surface area contributed by atoms with Crippen LogP contribution in [0.5, 0.6) is 11.5 Å². The molecule has 0 aromatic heterocycles. The van der Waals surface area contributed by atoms with Gasteiger partial charge in [-0.1, -0.05) is 30.1 Å². The smallest absolute Gasteiger partial charge is 0.206 e. The minimum absolute atomic E-state index is 0.0228. The summed E-state index contributed by atoms with van der Waals surface area (Å²) in [6.07, 6.45) is -0.782. The van der Waals surface area contributed by atoms with Gasteiger partial charge in [-0.3, -0.25) is 0 Å². The van der Waals surface area contributed by atoms with Crippen molar-refractivity contribution in [3.8, 4) is 11.5 Å². The molecule has 0 amide bonds. The van der Waals surface area contributed by atoms with Gasteiger partial charge in [0, 0.05) is 18.9 Å². The van der Waals surface area contributed by atoms with Gasteiger partial charge < -0.3 is 19.3 Å². The highest BCUT2D eigenvalue weighted by Crippen LogP contribution is 2.37. The van der Waals surface area contributed by atoms with E-state index in [0.29, 0.717) is 18.2 Å². The van der Waals surface area contributed by atoms with Crippen LogP contribution in [0.2, 0.25) is 10.0 Å². The average Bonchev–Trinajstić information content (AvgIpc) is 2.71. The summed E-state index contributed by atoms with van der Waals surface area (Å²) in [5.41, 5.74) is 0. The molecule has 0 aliphatic carbocycles. The zero-order chi connectivity index (χ0) is 22.3. The van der Waals surface area contributed by atoms with Crippen molar-refractivity contribution in [2.24, 2.45) is 5.92 Å². The quantitative estimate of drug-likeness (QED) is 0.461. The molecule has 0 aliphatic rings. The molecular weight excluding hydrogens is 475 g/mol. The maximum Gasteiger partial charge on any atom is 0.206 e. The number of halogens is 3. The Bertz CT molecular complexity index is 911. The molecule has 30 heavy (non-hydrogen) atoms. The summed E-state index contributed by atoms with van der Waals surface area (Å²) in [4.78, 5) is -0.0109. The molecule has 166 valence electrons. The minimum Gasteiger partial charge on any atom is -0.491 e. The van der Waals surface area contributed by atoms with E-state index in [1.165, 1.54) is 43.5 Å². The summed E-state index contributed by atoms with van der Waals surface area (Å²) < 4.78 is 41.7. The van der Waals surface area contributed by atoms with Gasteiger partial charge in [-0.05, 0) is 36.4 Å². The highest BCUT2D eigenvalue weighted by molar-refractivity contribution is 7.91. The maximum atomic E-state index is 13.0. The van der Waals surface area contributed by atoms with E-state index in [1.807, 2.05) is 6.92 Å². The average molecular weight is 498 g/mol. The molecule has 0 radical (unpaired) electrons. The molecule has 2 aromatic rings. The van der Waals surface area contributed by atoms with E-state index >= 15 is 0 Å². The van der Waals surface area contributed by atoms with Gasteiger partial charge in [-0.2, -0.15) is 0 Å². The maximum absolute atomic E-state index is 13.0. The number of ether oxygens (including phenoxy) is 3. The summed E-state index contributed by atoms with van der Waals surface area (Å²) in [5.74, 6) is 1.12. The van der Waals surface area contributed by atoms with Crippen molar-refractivity contribution in [2.45, 2.75) is 22.8 Å². The van der Waals surface area contributed by atoms with Crippen LogP contribution >= 0.6 is 34.8 Å². The molecule has 0 aliphatic heterocycles. The summed E-state index contributed by atoms with van der Waals surface area (Å²) in [5, 5.41) is 9.80. The second kappa shape index (κ2) is 11.4.